The highest BCUT2D eigenvalue weighted by Crippen LogP contribution is 2.29. The van der Waals surface area contributed by atoms with E-state index in [0.29, 0.717) is 0 Å². The number of nitrogens with zero attached hydrogens (tertiary/aromatic N) is 1. The Morgan fingerprint density at radius 1 is 1.29 bits per heavy atom. The van der Waals surface area contributed by atoms with Crippen LogP contribution in [0.25, 0.3) is 0 Å². The van der Waals surface area contributed by atoms with E-state index in [1.54, 1.807) is 5.57 Å². The van der Waals surface area contributed by atoms with Gasteiger partial charge in [0.1, 0.15) is 0 Å². The van der Waals surface area contributed by atoms with Crippen LogP contribution in [0.2, 0.25) is 0 Å². The molecule has 2 heteroatoms. The molecule has 0 aromatic carbocycles. The molecule has 0 atom stereocenters. The molecule has 0 N–H and O–H groups in total. The molecule has 0 saturated carbocycles. The lowest BCUT2D eigenvalue weighted by Gasteiger charge is -2.30. The fraction of sp³-hybridized carbons (Fsp3) is 0.733. The highest BCUT2D eigenvalue weighted by molar-refractivity contribution is 5.35. The van der Waals surface area contributed by atoms with Gasteiger partial charge in [0.25, 0.3) is 0 Å². The van der Waals surface area contributed by atoms with Crippen molar-refractivity contribution in [1.29, 1.82) is 0 Å². The first-order chi connectivity index (χ1) is 8.42. The average molecular weight is 235 g/mol. The Bertz CT molecular complexity index is 287. The second-order valence-electron chi connectivity index (χ2n) is 4.95. The van der Waals surface area contributed by atoms with E-state index in [2.05, 4.69) is 24.0 Å². The fourth-order valence-corrected chi connectivity index (χ4v) is 2.64. The lowest BCUT2D eigenvalue weighted by molar-refractivity contribution is 0.0549. The molecule has 1 fully saturated rings. The predicted molar refractivity (Wildman–Crippen MR) is 71.9 cm³/mol. The summed E-state index contributed by atoms with van der Waals surface area (Å²) in [5.74, 6) is 0. The molecule has 1 saturated heterocycles. The first kappa shape index (κ1) is 12.7. The van der Waals surface area contributed by atoms with Gasteiger partial charge in [0, 0.05) is 18.8 Å². The highest BCUT2D eigenvalue weighted by Gasteiger charge is 2.19. The molecule has 0 bridgehead atoms. The number of allylic oxidation sites excluding steroid dienone is 3. The maximum atomic E-state index is 5.42. The van der Waals surface area contributed by atoms with Crippen LogP contribution in [-0.4, -0.2) is 31.2 Å². The van der Waals surface area contributed by atoms with Crippen LogP contribution in [0.15, 0.2) is 23.4 Å². The summed E-state index contributed by atoms with van der Waals surface area (Å²) in [5, 5.41) is 0. The van der Waals surface area contributed by atoms with Crippen LogP contribution in [0.4, 0.5) is 0 Å². The molecular formula is C15H25NO. The summed E-state index contributed by atoms with van der Waals surface area (Å²) >= 11 is 0. The first-order valence-electron chi connectivity index (χ1n) is 7.14. The van der Waals surface area contributed by atoms with Gasteiger partial charge in [-0.2, -0.15) is 0 Å². The van der Waals surface area contributed by atoms with Crippen LogP contribution < -0.4 is 0 Å². The van der Waals surface area contributed by atoms with E-state index in [9.17, 15) is 0 Å². The van der Waals surface area contributed by atoms with Crippen molar-refractivity contribution in [2.75, 3.05) is 26.3 Å². The molecule has 1 aliphatic carbocycles. The fourth-order valence-electron chi connectivity index (χ4n) is 2.64. The summed E-state index contributed by atoms with van der Waals surface area (Å²) in [7, 11) is 0. The topological polar surface area (TPSA) is 12.5 Å². The van der Waals surface area contributed by atoms with Gasteiger partial charge in [0.05, 0.1) is 13.2 Å². The van der Waals surface area contributed by atoms with Gasteiger partial charge in [-0.3, -0.25) is 0 Å². The van der Waals surface area contributed by atoms with Crippen molar-refractivity contribution >= 4 is 0 Å². The molecule has 96 valence electrons. The molecule has 0 aromatic heterocycles. The van der Waals surface area contributed by atoms with Gasteiger partial charge < -0.3 is 9.64 Å². The molecule has 2 nitrogen and oxygen atoms in total. The molecule has 17 heavy (non-hydrogen) atoms. The summed E-state index contributed by atoms with van der Waals surface area (Å²) in [5.41, 5.74) is 3.09. The molecule has 0 unspecified atom stereocenters. The van der Waals surface area contributed by atoms with Crippen molar-refractivity contribution in [3.8, 4) is 0 Å². The summed E-state index contributed by atoms with van der Waals surface area (Å²) < 4.78 is 5.42. The standard InChI is InChI=1S/C15H25NO/c1-2-3-4-5-7-14-8-6-9-15(14)16-10-12-17-13-11-16/h7,9H,2-6,8,10-13H2,1H3/b14-7-. The molecule has 2 rings (SSSR count). The van der Waals surface area contributed by atoms with Crippen LogP contribution >= 0.6 is 0 Å². The second-order valence-corrected chi connectivity index (χ2v) is 4.95. The monoisotopic (exact) mass is 235 g/mol. The van der Waals surface area contributed by atoms with Gasteiger partial charge in [-0.05, 0) is 31.3 Å². The van der Waals surface area contributed by atoms with Crippen molar-refractivity contribution in [2.45, 2.75) is 45.4 Å². The van der Waals surface area contributed by atoms with E-state index in [4.69, 9.17) is 4.74 Å². The minimum atomic E-state index is 0.889. The molecule has 0 spiro atoms. The Balaban J connectivity index is 1.87. The minimum Gasteiger partial charge on any atom is -0.378 e. The van der Waals surface area contributed by atoms with Crippen molar-refractivity contribution < 1.29 is 4.74 Å². The molecule has 0 aromatic rings. The molecule has 2 aliphatic rings. The van der Waals surface area contributed by atoms with Gasteiger partial charge in [-0.25, -0.2) is 0 Å². The summed E-state index contributed by atoms with van der Waals surface area (Å²) in [6.45, 7) is 6.18. The van der Waals surface area contributed by atoms with E-state index in [-0.39, 0.29) is 0 Å². The Morgan fingerprint density at radius 2 is 2.12 bits per heavy atom. The first-order valence-corrected chi connectivity index (χ1v) is 7.14. The van der Waals surface area contributed by atoms with Gasteiger partial charge >= 0.3 is 0 Å². The van der Waals surface area contributed by atoms with Crippen molar-refractivity contribution in [3.63, 3.8) is 0 Å². The average Bonchev–Trinajstić information content (AvgIpc) is 2.84. The zero-order valence-electron chi connectivity index (χ0n) is 11.1. The van der Waals surface area contributed by atoms with E-state index < -0.39 is 0 Å². The highest BCUT2D eigenvalue weighted by atomic mass is 16.5. The number of hydrogen-bond acceptors (Lipinski definition) is 2. The second kappa shape index (κ2) is 6.85. The van der Waals surface area contributed by atoms with Gasteiger partial charge in [0.2, 0.25) is 0 Å². The van der Waals surface area contributed by atoms with E-state index in [0.717, 1.165) is 26.3 Å². The number of morpholine rings is 1. The third-order valence-electron chi connectivity index (χ3n) is 3.63. The van der Waals surface area contributed by atoms with Gasteiger partial charge in [-0.15, -0.1) is 0 Å². The molecule has 0 amide bonds. The van der Waals surface area contributed by atoms with Gasteiger partial charge in [0.15, 0.2) is 0 Å². The van der Waals surface area contributed by atoms with Crippen LogP contribution in [0, 0.1) is 0 Å². The Hall–Kier alpha value is -0.760. The summed E-state index contributed by atoms with van der Waals surface area (Å²) in [4.78, 5) is 2.50. The number of unbranched alkanes of at least 4 members (excludes halogenated alkanes) is 3. The van der Waals surface area contributed by atoms with E-state index in [1.165, 1.54) is 44.2 Å². The predicted octanol–water partition coefficient (Wildman–Crippen LogP) is 3.50. The smallest absolute Gasteiger partial charge is 0.0642 e. The largest absolute Gasteiger partial charge is 0.378 e. The molecular weight excluding hydrogens is 210 g/mol. The van der Waals surface area contributed by atoms with Crippen molar-refractivity contribution in [1.82, 2.24) is 4.90 Å². The SMILES string of the molecule is CCCCC/C=C1/CCC=C1N1CCOCC1. The van der Waals surface area contributed by atoms with Crippen molar-refractivity contribution in [3.05, 3.63) is 23.4 Å². The molecule has 1 aliphatic heterocycles. The Kier molecular flexibility index (Phi) is 5.11. The van der Waals surface area contributed by atoms with Crippen LogP contribution in [0.3, 0.4) is 0 Å². The summed E-state index contributed by atoms with van der Waals surface area (Å²) in [6, 6.07) is 0. The maximum Gasteiger partial charge on any atom is 0.0642 e. The van der Waals surface area contributed by atoms with Crippen LogP contribution in [0.5, 0.6) is 0 Å². The number of hydrogen-bond donors (Lipinski definition) is 0. The normalized spacial score (nSPS) is 23.2. The Labute approximate surface area is 105 Å². The lowest BCUT2D eigenvalue weighted by Crippen LogP contribution is -2.35. The number of ether oxygens (including phenoxy) is 1. The summed E-state index contributed by atoms with van der Waals surface area (Å²) in [6.07, 6.45) is 12.6. The van der Waals surface area contributed by atoms with E-state index in [1.807, 2.05) is 0 Å². The minimum absolute atomic E-state index is 0.889. The lowest BCUT2D eigenvalue weighted by atomic mass is 10.1. The zero-order chi connectivity index (χ0) is 11.9. The number of rotatable bonds is 5. The molecule has 0 radical (unpaired) electrons. The third kappa shape index (κ3) is 3.60. The van der Waals surface area contributed by atoms with Crippen molar-refractivity contribution in [2.24, 2.45) is 0 Å². The molecule has 1 heterocycles. The Morgan fingerprint density at radius 3 is 2.88 bits per heavy atom. The zero-order valence-corrected chi connectivity index (χ0v) is 11.1. The van der Waals surface area contributed by atoms with E-state index >= 15 is 0 Å². The third-order valence-corrected chi connectivity index (χ3v) is 3.63. The quantitative estimate of drug-likeness (QED) is 0.676. The van der Waals surface area contributed by atoms with Crippen LogP contribution in [-0.2, 0) is 4.74 Å². The van der Waals surface area contributed by atoms with Crippen LogP contribution in [0.1, 0.15) is 45.4 Å². The maximum absolute atomic E-state index is 5.42. The van der Waals surface area contributed by atoms with Gasteiger partial charge in [-0.1, -0.05) is 31.9 Å².